The van der Waals surface area contributed by atoms with Gasteiger partial charge in [0.25, 0.3) is 11.8 Å². The SMILES string of the molecule is CC(C)c1ccc(NC(=O)c2ccc3[nH]c4c(c3c2)C(C)CNC4=O)cc1. The van der Waals surface area contributed by atoms with Crippen molar-refractivity contribution in [1.29, 1.82) is 0 Å². The smallest absolute Gasteiger partial charge is 0.268 e. The van der Waals surface area contributed by atoms with Crippen molar-refractivity contribution in [3.8, 4) is 0 Å². The second kappa shape index (κ2) is 6.58. The first-order valence-electron chi connectivity index (χ1n) is 9.29. The number of benzene rings is 2. The van der Waals surface area contributed by atoms with Crippen LogP contribution in [0.2, 0.25) is 0 Å². The number of fused-ring (bicyclic) bond motifs is 3. The fraction of sp³-hybridized carbons (Fsp3) is 0.273. The average Bonchev–Trinajstić information content (AvgIpc) is 3.05. The van der Waals surface area contributed by atoms with Crippen molar-refractivity contribution in [1.82, 2.24) is 10.3 Å². The van der Waals surface area contributed by atoms with Gasteiger partial charge in [0.15, 0.2) is 0 Å². The highest BCUT2D eigenvalue weighted by atomic mass is 16.2. The molecule has 0 saturated carbocycles. The molecule has 0 aliphatic carbocycles. The molecule has 0 spiro atoms. The molecule has 1 aliphatic rings. The summed E-state index contributed by atoms with van der Waals surface area (Å²) in [5, 5.41) is 6.77. The minimum Gasteiger partial charge on any atom is -0.350 e. The molecule has 0 radical (unpaired) electrons. The molecule has 27 heavy (non-hydrogen) atoms. The van der Waals surface area contributed by atoms with Gasteiger partial charge in [-0.3, -0.25) is 9.59 Å². The van der Waals surface area contributed by atoms with E-state index >= 15 is 0 Å². The minimum absolute atomic E-state index is 0.0875. The zero-order chi connectivity index (χ0) is 19.1. The topological polar surface area (TPSA) is 74.0 Å². The highest BCUT2D eigenvalue weighted by Gasteiger charge is 2.27. The van der Waals surface area contributed by atoms with Gasteiger partial charge in [-0.25, -0.2) is 0 Å². The molecule has 5 heteroatoms. The second-order valence-electron chi connectivity index (χ2n) is 7.52. The predicted octanol–water partition coefficient (Wildman–Crippen LogP) is 4.39. The lowest BCUT2D eigenvalue weighted by Crippen LogP contribution is -2.33. The lowest BCUT2D eigenvalue weighted by molar-refractivity contribution is 0.0936. The van der Waals surface area contributed by atoms with Crippen molar-refractivity contribution in [3.63, 3.8) is 0 Å². The van der Waals surface area contributed by atoms with Gasteiger partial charge in [0.2, 0.25) is 0 Å². The molecule has 0 fully saturated rings. The number of aromatic nitrogens is 1. The van der Waals surface area contributed by atoms with Crippen molar-refractivity contribution in [3.05, 3.63) is 64.8 Å². The Hall–Kier alpha value is -3.08. The van der Waals surface area contributed by atoms with E-state index in [1.54, 1.807) is 6.07 Å². The van der Waals surface area contributed by atoms with Crippen LogP contribution in [0.15, 0.2) is 42.5 Å². The third-order valence-electron chi connectivity index (χ3n) is 5.22. The Morgan fingerprint density at radius 1 is 1.15 bits per heavy atom. The standard InChI is InChI=1S/C22H23N3O2/c1-12(2)14-4-7-16(8-5-14)24-21(26)15-6-9-18-17(10-15)19-13(3)11-23-22(27)20(19)25-18/h4-10,12-13,25H,11H2,1-3H3,(H,23,27)(H,24,26). The summed E-state index contributed by atoms with van der Waals surface area (Å²) in [5.41, 5.74) is 5.06. The van der Waals surface area contributed by atoms with Gasteiger partial charge in [0.1, 0.15) is 5.69 Å². The summed E-state index contributed by atoms with van der Waals surface area (Å²) in [7, 11) is 0. The number of anilines is 1. The number of hydrogen-bond acceptors (Lipinski definition) is 2. The van der Waals surface area contributed by atoms with E-state index in [0.717, 1.165) is 22.2 Å². The molecular formula is C22H23N3O2. The zero-order valence-corrected chi connectivity index (χ0v) is 15.7. The Morgan fingerprint density at radius 2 is 1.89 bits per heavy atom. The molecule has 3 aromatic rings. The molecule has 1 atom stereocenters. The first-order valence-corrected chi connectivity index (χ1v) is 9.29. The lowest BCUT2D eigenvalue weighted by Gasteiger charge is -2.19. The van der Waals surface area contributed by atoms with E-state index in [-0.39, 0.29) is 17.7 Å². The van der Waals surface area contributed by atoms with Crippen molar-refractivity contribution in [2.75, 3.05) is 11.9 Å². The van der Waals surface area contributed by atoms with Crippen molar-refractivity contribution in [2.45, 2.75) is 32.6 Å². The van der Waals surface area contributed by atoms with E-state index in [1.807, 2.05) is 36.4 Å². The maximum atomic E-state index is 12.7. The number of amides is 2. The monoisotopic (exact) mass is 361 g/mol. The summed E-state index contributed by atoms with van der Waals surface area (Å²) >= 11 is 0. The largest absolute Gasteiger partial charge is 0.350 e. The molecule has 5 nitrogen and oxygen atoms in total. The summed E-state index contributed by atoms with van der Waals surface area (Å²) in [5.74, 6) is 0.414. The van der Waals surface area contributed by atoms with Gasteiger partial charge in [-0.05, 0) is 47.4 Å². The molecule has 3 N–H and O–H groups in total. The third-order valence-corrected chi connectivity index (χ3v) is 5.22. The minimum atomic E-state index is -0.155. The number of hydrogen-bond donors (Lipinski definition) is 3. The highest BCUT2D eigenvalue weighted by molar-refractivity contribution is 6.08. The van der Waals surface area contributed by atoms with Crippen LogP contribution >= 0.6 is 0 Å². The molecule has 2 amide bonds. The van der Waals surface area contributed by atoms with E-state index in [2.05, 4.69) is 36.4 Å². The van der Waals surface area contributed by atoms with Crippen LogP contribution in [0.4, 0.5) is 5.69 Å². The Balaban J connectivity index is 1.64. The molecule has 1 aromatic heterocycles. The van der Waals surface area contributed by atoms with Crippen LogP contribution in [0.1, 0.15) is 64.6 Å². The van der Waals surface area contributed by atoms with Crippen LogP contribution in [-0.2, 0) is 0 Å². The van der Waals surface area contributed by atoms with Crippen molar-refractivity contribution in [2.24, 2.45) is 0 Å². The lowest BCUT2D eigenvalue weighted by atomic mass is 9.93. The molecule has 1 aliphatic heterocycles. The van der Waals surface area contributed by atoms with Gasteiger partial charge < -0.3 is 15.6 Å². The van der Waals surface area contributed by atoms with Gasteiger partial charge in [0, 0.05) is 34.6 Å². The summed E-state index contributed by atoms with van der Waals surface area (Å²) < 4.78 is 0. The molecule has 2 heterocycles. The van der Waals surface area contributed by atoms with Crippen molar-refractivity contribution >= 4 is 28.4 Å². The molecule has 2 aromatic carbocycles. The Bertz CT molecular complexity index is 1030. The number of H-pyrrole nitrogens is 1. The molecule has 1 unspecified atom stereocenters. The van der Waals surface area contributed by atoms with E-state index in [4.69, 9.17) is 0 Å². The average molecular weight is 361 g/mol. The fourth-order valence-electron chi connectivity index (χ4n) is 3.64. The van der Waals surface area contributed by atoms with Crippen LogP contribution in [-0.4, -0.2) is 23.3 Å². The molecule has 138 valence electrons. The van der Waals surface area contributed by atoms with Gasteiger partial charge in [0.05, 0.1) is 0 Å². The Kier molecular flexibility index (Phi) is 4.22. The normalized spacial score (nSPS) is 16.3. The first kappa shape index (κ1) is 17.3. The third kappa shape index (κ3) is 3.10. The molecule has 0 bridgehead atoms. The van der Waals surface area contributed by atoms with E-state index in [0.29, 0.717) is 23.7 Å². The van der Waals surface area contributed by atoms with E-state index < -0.39 is 0 Å². The Morgan fingerprint density at radius 3 is 2.59 bits per heavy atom. The maximum absolute atomic E-state index is 12.7. The maximum Gasteiger partial charge on any atom is 0.268 e. The van der Waals surface area contributed by atoms with Crippen LogP contribution < -0.4 is 10.6 Å². The second-order valence-corrected chi connectivity index (χ2v) is 7.52. The first-order chi connectivity index (χ1) is 12.9. The van der Waals surface area contributed by atoms with Gasteiger partial charge in [-0.1, -0.05) is 32.9 Å². The quantitative estimate of drug-likeness (QED) is 0.647. The van der Waals surface area contributed by atoms with Crippen LogP contribution in [0, 0.1) is 0 Å². The Labute approximate surface area is 158 Å². The summed E-state index contributed by atoms with van der Waals surface area (Å²) in [6, 6.07) is 13.4. The molecule has 4 rings (SSSR count). The van der Waals surface area contributed by atoms with Crippen LogP contribution in [0.5, 0.6) is 0 Å². The molecular weight excluding hydrogens is 338 g/mol. The predicted molar refractivity (Wildman–Crippen MR) is 108 cm³/mol. The zero-order valence-electron chi connectivity index (χ0n) is 15.7. The van der Waals surface area contributed by atoms with Crippen molar-refractivity contribution < 1.29 is 9.59 Å². The summed E-state index contributed by atoms with van der Waals surface area (Å²) in [4.78, 5) is 28.0. The fourth-order valence-corrected chi connectivity index (χ4v) is 3.64. The van der Waals surface area contributed by atoms with Crippen LogP contribution in [0.3, 0.4) is 0 Å². The number of aromatic amines is 1. The van der Waals surface area contributed by atoms with Gasteiger partial charge in [-0.2, -0.15) is 0 Å². The summed E-state index contributed by atoms with van der Waals surface area (Å²) in [6.45, 7) is 6.97. The van der Waals surface area contributed by atoms with Crippen LogP contribution in [0.25, 0.3) is 10.9 Å². The molecule has 0 saturated heterocycles. The van der Waals surface area contributed by atoms with E-state index in [9.17, 15) is 9.59 Å². The van der Waals surface area contributed by atoms with Gasteiger partial charge >= 0.3 is 0 Å². The number of carbonyl (C=O) groups is 2. The number of rotatable bonds is 3. The number of nitrogens with one attached hydrogen (secondary N) is 3. The van der Waals surface area contributed by atoms with Gasteiger partial charge in [-0.15, -0.1) is 0 Å². The number of carbonyl (C=O) groups excluding carboxylic acids is 2. The highest BCUT2D eigenvalue weighted by Crippen LogP contribution is 2.32. The van der Waals surface area contributed by atoms with E-state index in [1.165, 1.54) is 5.56 Å². The summed E-state index contributed by atoms with van der Waals surface area (Å²) in [6.07, 6.45) is 0.